The van der Waals surface area contributed by atoms with Gasteiger partial charge in [-0.3, -0.25) is 0 Å². The summed E-state index contributed by atoms with van der Waals surface area (Å²) in [6.07, 6.45) is 1.98. The van der Waals surface area contributed by atoms with Gasteiger partial charge in [-0.05, 0) is 43.1 Å². The average Bonchev–Trinajstić information content (AvgIpc) is 1.99. The maximum Gasteiger partial charge on any atom is 0.132 e. The first-order valence-corrected chi connectivity index (χ1v) is 6.01. The Hall–Kier alpha value is -0.640. The van der Waals surface area contributed by atoms with Crippen molar-refractivity contribution < 1.29 is 0 Å². The summed E-state index contributed by atoms with van der Waals surface area (Å²) in [5.41, 5.74) is 0.0251. The summed E-state index contributed by atoms with van der Waals surface area (Å²) in [5, 5.41) is 3.34. The van der Waals surface area contributed by atoms with Crippen molar-refractivity contribution in [3.05, 3.63) is 16.5 Å². The molecule has 0 aliphatic heterocycles. The van der Waals surface area contributed by atoms with Gasteiger partial charge in [0.15, 0.2) is 0 Å². The van der Waals surface area contributed by atoms with Gasteiger partial charge in [0.05, 0.1) is 0 Å². The Bertz CT molecular complexity index is 331. The van der Waals surface area contributed by atoms with Crippen LogP contribution in [-0.4, -0.2) is 15.5 Å². The van der Waals surface area contributed by atoms with Crippen molar-refractivity contribution in [3.8, 4) is 0 Å². The molecule has 1 rings (SSSR count). The van der Waals surface area contributed by atoms with Crippen LogP contribution in [0.4, 0.5) is 5.82 Å². The Balaban J connectivity index is 2.88. The molecule has 1 heterocycles. The highest BCUT2D eigenvalue weighted by molar-refractivity contribution is 9.10. The van der Waals surface area contributed by atoms with Crippen LogP contribution in [0.1, 0.15) is 39.9 Å². The fraction of sp³-hybridized carbons (Fsp3) is 0.636. The predicted molar refractivity (Wildman–Crippen MR) is 67.1 cm³/mol. The molecule has 0 fully saturated rings. The molecule has 0 saturated heterocycles. The number of nitrogens with zero attached hydrogens (tertiary/aromatic N) is 2. The van der Waals surface area contributed by atoms with Gasteiger partial charge in [-0.2, -0.15) is 0 Å². The molecule has 0 bridgehead atoms. The van der Waals surface area contributed by atoms with Gasteiger partial charge in [0.1, 0.15) is 16.2 Å². The third kappa shape index (κ3) is 4.60. The zero-order valence-electron chi connectivity index (χ0n) is 9.76. The normalized spacial score (nSPS) is 11.5. The molecule has 1 aromatic heterocycles. The van der Waals surface area contributed by atoms with E-state index in [0.717, 1.165) is 29.1 Å². The van der Waals surface area contributed by atoms with E-state index in [1.54, 1.807) is 0 Å². The molecule has 84 valence electrons. The molecule has 3 nitrogen and oxygen atoms in total. The lowest BCUT2D eigenvalue weighted by Crippen LogP contribution is -2.27. The van der Waals surface area contributed by atoms with Gasteiger partial charge in [0.2, 0.25) is 0 Å². The van der Waals surface area contributed by atoms with E-state index in [0.29, 0.717) is 0 Å². The molecule has 0 radical (unpaired) electrons. The average molecular weight is 272 g/mol. The maximum absolute atomic E-state index is 4.46. The second-order valence-corrected chi connectivity index (χ2v) is 5.43. The predicted octanol–water partition coefficient (Wildman–Crippen LogP) is 3.40. The molecule has 0 atom stereocenters. The van der Waals surface area contributed by atoms with Gasteiger partial charge >= 0.3 is 0 Å². The van der Waals surface area contributed by atoms with Crippen molar-refractivity contribution in [2.45, 2.75) is 46.1 Å². The quantitative estimate of drug-likeness (QED) is 0.857. The van der Waals surface area contributed by atoms with Gasteiger partial charge in [0, 0.05) is 18.0 Å². The van der Waals surface area contributed by atoms with Crippen LogP contribution in [0.15, 0.2) is 10.7 Å². The van der Waals surface area contributed by atoms with E-state index in [4.69, 9.17) is 0 Å². The van der Waals surface area contributed by atoms with Crippen LogP contribution in [0, 0.1) is 0 Å². The summed E-state index contributed by atoms with van der Waals surface area (Å²) >= 11 is 3.40. The van der Waals surface area contributed by atoms with Crippen LogP contribution in [0.5, 0.6) is 0 Å². The standard InChI is InChI=1S/C11H18BrN3/c1-5-6-9-13-8(12)7-10(14-9)15-11(2,3)4/h7H,5-6H2,1-4H3,(H,13,14,15). The second-order valence-electron chi connectivity index (χ2n) is 4.62. The molecule has 15 heavy (non-hydrogen) atoms. The van der Waals surface area contributed by atoms with Crippen molar-refractivity contribution in [2.75, 3.05) is 5.32 Å². The highest BCUT2D eigenvalue weighted by Gasteiger charge is 2.11. The highest BCUT2D eigenvalue weighted by Crippen LogP contribution is 2.17. The minimum Gasteiger partial charge on any atom is -0.365 e. The first kappa shape index (κ1) is 12.4. The van der Waals surface area contributed by atoms with Gasteiger partial charge < -0.3 is 5.32 Å². The SMILES string of the molecule is CCCc1nc(Br)cc(NC(C)(C)C)n1. The van der Waals surface area contributed by atoms with Gasteiger partial charge in [-0.1, -0.05) is 6.92 Å². The third-order valence-corrected chi connectivity index (χ3v) is 2.12. The van der Waals surface area contributed by atoms with E-state index < -0.39 is 0 Å². The Morgan fingerprint density at radius 2 is 2.00 bits per heavy atom. The molecular weight excluding hydrogens is 254 g/mol. The van der Waals surface area contributed by atoms with Crippen molar-refractivity contribution in [1.29, 1.82) is 0 Å². The van der Waals surface area contributed by atoms with Crippen molar-refractivity contribution in [2.24, 2.45) is 0 Å². The Morgan fingerprint density at radius 3 is 2.53 bits per heavy atom. The Labute approximate surface area is 99.8 Å². The molecule has 1 aromatic rings. The fourth-order valence-electron chi connectivity index (χ4n) is 1.25. The summed E-state index contributed by atoms with van der Waals surface area (Å²) in [6.45, 7) is 8.47. The van der Waals surface area contributed by atoms with Crippen LogP contribution in [0.25, 0.3) is 0 Å². The summed E-state index contributed by atoms with van der Waals surface area (Å²) in [5.74, 6) is 1.77. The van der Waals surface area contributed by atoms with E-state index in [1.165, 1.54) is 0 Å². The molecule has 0 amide bonds. The number of aryl methyl sites for hydroxylation is 1. The van der Waals surface area contributed by atoms with Crippen molar-refractivity contribution >= 4 is 21.7 Å². The van der Waals surface area contributed by atoms with E-state index in [9.17, 15) is 0 Å². The summed E-state index contributed by atoms with van der Waals surface area (Å²) in [7, 11) is 0. The Morgan fingerprint density at radius 1 is 1.33 bits per heavy atom. The first-order chi connectivity index (χ1) is 6.90. The third-order valence-electron chi connectivity index (χ3n) is 1.72. The van der Waals surface area contributed by atoms with E-state index in [1.807, 2.05) is 6.07 Å². The molecule has 0 unspecified atom stereocenters. The zero-order chi connectivity index (χ0) is 11.5. The molecule has 0 aliphatic carbocycles. The van der Waals surface area contributed by atoms with Crippen LogP contribution in [0.3, 0.4) is 0 Å². The first-order valence-electron chi connectivity index (χ1n) is 5.22. The lowest BCUT2D eigenvalue weighted by atomic mass is 10.1. The molecule has 0 saturated carbocycles. The number of halogens is 1. The van der Waals surface area contributed by atoms with Gasteiger partial charge in [0.25, 0.3) is 0 Å². The fourth-order valence-corrected chi connectivity index (χ4v) is 1.67. The van der Waals surface area contributed by atoms with Crippen LogP contribution in [-0.2, 0) is 6.42 Å². The van der Waals surface area contributed by atoms with Gasteiger partial charge in [-0.25, -0.2) is 9.97 Å². The monoisotopic (exact) mass is 271 g/mol. The molecule has 0 spiro atoms. The lowest BCUT2D eigenvalue weighted by Gasteiger charge is -2.21. The molecule has 1 N–H and O–H groups in total. The molecule has 4 heteroatoms. The maximum atomic E-state index is 4.46. The van der Waals surface area contributed by atoms with Crippen molar-refractivity contribution in [3.63, 3.8) is 0 Å². The van der Waals surface area contributed by atoms with Gasteiger partial charge in [-0.15, -0.1) is 0 Å². The highest BCUT2D eigenvalue weighted by atomic mass is 79.9. The second kappa shape index (κ2) is 4.92. The molecule has 0 aliphatic rings. The van der Waals surface area contributed by atoms with E-state index in [2.05, 4.69) is 58.9 Å². The van der Waals surface area contributed by atoms with E-state index >= 15 is 0 Å². The lowest BCUT2D eigenvalue weighted by molar-refractivity contribution is 0.628. The summed E-state index contributed by atoms with van der Waals surface area (Å²) < 4.78 is 0.840. The molecular formula is C11H18BrN3. The molecule has 0 aromatic carbocycles. The number of hydrogen-bond donors (Lipinski definition) is 1. The minimum atomic E-state index is 0.0251. The van der Waals surface area contributed by atoms with Crippen LogP contribution >= 0.6 is 15.9 Å². The largest absolute Gasteiger partial charge is 0.365 e. The van der Waals surface area contributed by atoms with Crippen molar-refractivity contribution in [1.82, 2.24) is 9.97 Å². The van der Waals surface area contributed by atoms with Crippen LogP contribution in [0.2, 0.25) is 0 Å². The number of aromatic nitrogens is 2. The number of anilines is 1. The minimum absolute atomic E-state index is 0.0251. The Kier molecular flexibility index (Phi) is 4.08. The topological polar surface area (TPSA) is 37.8 Å². The van der Waals surface area contributed by atoms with E-state index in [-0.39, 0.29) is 5.54 Å². The number of hydrogen-bond acceptors (Lipinski definition) is 3. The smallest absolute Gasteiger partial charge is 0.132 e. The summed E-state index contributed by atoms with van der Waals surface area (Å²) in [4.78, 5) is 8.78. The summed E-state index contributed by atoms with van der Waals surface area (Å²) in [6, 6.07) is 1.91. The van der Waals surface area contributed by atoms with Crippen LogP contribution < -0.4 is 5.32 Å². The zero-order valence-corrected chi connectivity index (χ0v) is 11.3. The number of nitrogens with one attached hydrogen (secondary N) is 1. The number of rotatable bonds is 3.